The van der Waals surface area contributed by atoms with E-state index < -0.39 is 0 Å². The summed E-state index contributed by atoms with van der Waals surface area (Å²) in [6.07, 6.45) is 1.08. The van der Waals surface area contributed by atoms with Crippen molar-refractivity contribution in [2.24, 2.45) is 11.8 Å². The highest BCUT2D eigenvalue weighted by Gasteiger charge is 2.13. The monoisotopic (exact) mass is 313 g/mol. The zero-order valence-corrected chi connectivity index (χ0v) is 14.6. The molecule has 0 amide bonds. The standard InChI is InChI=1S/C17H28ClNO2/c1-6-13(4)11-21-17-15(18)7-14(8-16(17)20-5)10-19-9-12(2)3/h7-8,12-13,19H,6,9-11H2,1-5H3. The van der Waals surface area contributed by atoms with Crippen LogP contribution in [0.2, 0.25) is 5.02 Å². The molecule has 0 aromatic heterocycles. The summed E-state index contributed by atoms with van der Waals surface area (Å²) in [5, 5.41) is 4.01. The molecule has 0 spiro atoms. The molecule has 1 N–H and O–H groups in total. The van der Waals surface area contributed by atoms with Crippen molar-refractivity contribution in [3.8, 4) is 11.5 Å². The van der Waals surface area contributed by atoms with Crippen molar-refractivity contribution >= 4 is 11.6 Å². The lowest BCUT2D eigenvalue weighted by Crippen LogP contribution is -2.19. The first-order valence-corrected chi connectivity index (χ1v) is 8.05. The third-order valence-corrected chi connectivity index (χ3v) is 3.66. The van der Waals surface area contributed by atoms with E-state index in [4.69, 9.17) is 21.1 Å². The van der Waals surface area contributed by atoms with Crippen LogP contribution in [0, 0.1) is 11.8 Å². The smallest absolute Gasteiger partial charge is 0.179 e. The van der Waals surface area contributed by atoms with E-state index in [1.165, 1.54) is 0 Å². The van der Waals surface area contributed by atoms with Gasteiger partial charge >= 0.3 is 0 Å². The van der Waals surface area contributed by atoms with Crippen LogP contribution < -0.4 is 14.8 Å². The lowest BCUT2D eigenvalue weighted by atomic mass is 10.1. The van der Waals surface area contributed by atoms with Crippen molar-refractivity contribution in [1.29, 1.82) is 0 Å². The zero-order valence-electron chi connectivity index (χ0n) is 13.8. The van der Waals surface area contributed by atoms with Crippen LogP contribution in [0.1, 0.15) is 39.7 Å². The largest absolute Gasteiger partial charge is 0.493 e. The minimum absolute atomic E-state index is 0.498. The number of halogens is 1. The van der Waals surface area contributed by atoms with Gasteiger partial charge in [0, 0.05) is 6.54 Å². The molecule has 0 aliphatic rings. The molecule has 0 aliphatic carbocycles. The summed E-state index contributed by atoms with van der Waals surface area (Å²) < 4.78 is 11.3. The summed E-state index contributed by atoms with van der Waals surface area (Å²) >= 11 is 6.35. The Morgan fingerprint density at radius 2 is 1.95 bits per heavy atom. The van der Waals surface area contributed by atoms with Crippen LogP contribution in [0.4, 0.5) is 0 Å². The molecule has 0 bridgehead atoms. The van der Waals surface area contributed by atoms with Crippen LogP contribution in [0.3, 0.4) is 0 Å². The molecule has 120 valence electrons. The van der Waals surface area contributed by atoms with Crippen molar-refractivity contribution in [2.45, 2.75) is 40.7 Å². The van der Waals surface area contributed by atoms with E-state index in [0.717, 1.165) is 25.1 Å². The Bertz CT molecular complexity index is 435. The Morgan fingerprint density at radius 3 is 2.52 bits per heavy atom. The van der Waals surface area contributed by atoms with E-state index >= 15 is 0 Å². The van der Waals surface area contributed by atoms with Crippen molar-refractivity contribution < 1.29 is 9.47 Å². The Balaban J connectivity index is 2.76. The number of hydrogen-bond acceptors (Lipinski definition) is 3. The topological polar surface area (TPSA) is 30.5 Å². The lowest BCUT2D eigenvalue weighted by Gasteiger charge is -2.17. The van der Waals surface area contributed by atoms with E-state index in [0.29, 0.717) is 35.0 Å². The zero-order chi connectivity index (χ0) is 15.8. The van der Waals surface area contributed by atoms with Crippen LogP contribution >= 0.6 is 11.6 Å². The second kappa shape index (κ2) is 9.16. The van der Waals surface area contributed by atoms with Crippen molar-refractivity contribution in [3.05, 3.63) is 22.7 Å². The van der Waals surface area contributed by atoms with Gasteiger partial charge in [-0.3, -0.25) is 0 Å². The summed E-state index contributed by atoms with van der Waals surface area (Å²) in [5.41, 5.74) is 1.10. The highest BCUT2D eigenvalue weighted by molar-refractivity contribution is 6.32. The highest BCUT2D eigenvalue weighted by Crippen LogP contribution is 2.36. The van der Waals surface area contributed by atoms with Crippen LogP contribution in [-0.2, 0) is 6.54 Å². The Morgan fingerprint density at radius 1 is 1.24 bits per heavy atom. The van der Waals surface area contributed by atoms with E-state index in [1.54, 1.807) is 7.11 Å². The van der Waals surface area contributed by atoms with Gasteiger partial charge in [0.2, 0.25) is 0 Å². The molecule has 1 atom stereocenters. The van der Waals surface area contributed by atoms with Crippen LogP contribution in [0.25, 0.3) is 0 Å². The van der Waals surface area contributed by atoms with Crippen LogP contribution in [-0.4, -0.2) is 20.3 Å². The fourth-order valence-corrected chi connectivity index (χ4v) is 2.15. The Hall–Kier alpha value is -0.930. The molecule has 0 radical (unpaired) electrons. The summed E-state index contributed by atoms with van der Waals surface area (Å²) in [7, 11) is 1.65. The van der Waals surface area contributed by atoms with Gasteiger partial charge in [0.05, 0.1) is 18.7 Å². The number of methoxy groups -OCH3 is 1. The van der Waals surface area contributed by atoms with Gasteiger partial charge < -0.3 is 14.8 Å². The normalized spacial score (nSPS) is 12.5. The number of rotatable bonds is 9. The summed E-state index contributed by atoms with van der Waals surface area (Å²) in [6.45, 7) is 11.1. The van der Waals surface area contributed by atoms with Gasteiger partial charge in [-0.15, -0.1) is 0 Å². The van der Waals surface area contributed by atoms with Gasteiger partial charge in [-0.2, -0.15) is 0 Å². The first-order chi connectivity index (χ1) is 9.97. The summed E-state index contributed by atoms with van der Waals surface area (Å²) in [4.78, 5) is 0. The molecule has 1 unspecified atom stereocenters. The van der Waals surface area contributed by atoms with Crippen molar-refractivity contribution in [3.63, 3.8) is 0 Å². The molecule has 3 nitrogen and oxygen atoms in total. The number of benzene rings is 1. The van der Waals surface area contributed by atoms with Gasteiger partial charge in [-0.25, -0.2) is 0 Å². The third kappa shape index (κ3) is 6.15. The molecule has 0 fully saturated rings. The quantitative estimate of drug-likeness (QED) is 0.727. The molecule has 0 heterocycles. The van der Waals surface area contributed by atoms with Crippen molar-refractivity contribution in [2.75, 3.05) is 20.3 Å². The molecular weight excluding hydrogens is 286 g/mol. The number of hydrogen-bond donors (Lipinski definition) is 1. The molecule has 1 aromatic rings. The average molecular weight is 314 g/mol. The maximum absolute atomic E-state index is 6.35. The number of nitrogens with one attached hydrogen (secondary N) is 1. The van der Waals surface area contributed by atoms with Crippen LogP contribution in [0.15, 0.2) is 12.1 Å². The minimum Gasteiger partial charge on any atom is -0.493 e. The minimum atomic E-state index is 0.498. The van der Waals surface area contributed by atoms with Gasteiger partial charge in [-0.05, 0) is 36.1 Å². The van der Waals surface area contributed by atoms with Gasteiger partial charge in [-0.1, -0.05) is 45.7 Å². The van der Waals surface area contributed by atoms with E-state index in [2.05, 4.69) is 33.0 Å². The van der Waals surface area contributed by atoms with Gasteiger partial charge in [0.25, 0.3) is 0 Å². The molecule has 0 aliphatic heterocycles. The summed E-state index contributed by atoms with van der Waals surface area (Å²) in [6, 6.07) is 3.94. The first kappa shape index (κ1) is 18.1. The van der Waals surface area contributed by atoms with Crippen LogP contribution in [0.5, 0.6) is 11.5 Å². The molecular formula is C17H28ClNO2. The maximum atomic E-state index is 6.35. The Labute approximate surface area is 134 Å². The molecule has 21 heavy (non-hydrogen) atoms. The van der Waals surface area contributed by atoms with Gasteiger partial charge in [0.15, 0.2) is 11.5 Å². The Kier molecular flexibility index (Phi) is 7.91. The average Bonchev–Trinajstić information content (AvgIpc) is 2.44. The molecule has 1 aromatic carbocycles. The first-order valence-electron chi connectivity index (χ1n) is 7.67. The lowest BCUT2D eigenvalue weighted by molar-refractivity contribution is 0.244. The number of ether oxygens (including phenoxy) is 2. The fraction of sp³-hybridized carbons (Fsp3) is 0.647. The maximum Gasteiger partial charge on any atom is 0.179 e. The second-order valence-electron chi connectivity index (χ2n) is 5.96. The highest BCUT2D eigenvalue weighted by atomic mass is 35.5. The van der Waals surface area contributed by atoms with E-state index in [1.807, 2.05) is 12.1 Å². The fourth-order valence-electron chi connectivity index (χ4n) is 1.86. The molecule has 0 saturated carbocycles. The third-order valence-electron chi connectivity index (χ3n) is 3.38. The second-order valence-corrected chi connectivity index (χ2v) is 6.37. The molecule has 1 rings (SSSR count). The predicted octanol–water partition coefficient (Wildman–Crippen LogP) is 4.52. The molecule has 4 heteroatoms. The van der Waals surface area contributed by atoms with E-state index in [-0.39, 0.29) is 0 Å². The predicted molar refractivity (Wildman–Crippen MR) is 89.5 cm³/mol. The summed E-state index contributed by atoms with van der Waals surface area (Å²) in [5.74, 6) is 2.47. The SMILES string of the molecule is CCC(C)COc1c(Cl)cc(CNCC(C)C)cc1OC. The van der Waals surface area contributed by atoms with Crippen molar-refractivity contribution in [1.82, 2.24) is 5.32 Å². The van der Waals surface area contributed by atoms with Gasteiger partial charge in [0.1, 0.15) is 0 Å². The molecule has 0 saturated heterocycles. The van der Waals surface area contributed by atoms with E-state index in [9.17, 15) is 0 Å².